The van der Waals surface area contributed by atoms with Crippen LogP contribution in [0.3, 0.4) is 0 Å². The molecular weight excluding hydrogens is 412 g/mol. The SMILES string of the molecule is N/C(CSc1ccc(C(F)(F)F)cn1)=N\OC(=O)c1ccc(C(F)(F)F)cc1. The number of halogens is 6. The molecule has 0 unspecified atom stereocenters. The molecule has 0 aliphatic heterocycles. The highest BCUT2D eigenvalue weighted by Gasteiger charge is 2.31. The Bertz CT molecular complexity index is 849. The van der Waals surface area contributed by atoms with Crippen LogP contribution in [0.15, 0.2) is 52.8 Å². The fourth-order valence-electron chi connectivity index (χ4n) is 1.76. The molecule has 28 heavy (non-hydrogen) atoms. The number of thioether (sulfide) groups is 1. The smallest absolute Gasteiger partial charge is 0.384 e. The highest BCUT2D eigenvalue weighted by atomic mass is 32.2. The van der Waals surface area contributed by atoms with Crippen molar-refractivity contribution in [1.82, 2.24) is 4.98 Å². The van der Waals surface area contributed by atoms with Gasteiger partial charge in [-0.2, -0.15) is 26.3 Å². The molecule has 0 spiro atoms. The third-order valence-corrected chi connectivity index (χ3v) is 4.10. The lowest BCUT2D eigenvalue weighted by Crippen LogP contribution is -2.16. The Morgan fingerprint density at radius 2 is 1.57 bits per heavy atom. The second kappa shape index (κ2) is 8.50. The predicted octanol–water partition coefficient (Wildman–Crippen LogP) is 4.34. The third-order valence-electron chi connectivity index (χ3n) is 3.13. The molecule has 2 rings (SSSR count). The molecule has 0 saturated heterocycles. The molecule has 150 valence electrons. The number of amidine groups is 1. The van der Waals surface area contributed by atoms with Gasteiger partial charge < -0.3 is 10.6 Å². The Labute approximate surface area is 158 Å². The van der Waals surface area contributed by atoms with Crippen molar-refractivity contribution < 1.29 is 36.0 Å². The summed E-state index contributed by atoms with van der Waals surface area (Å²) in [5.41, 5.74) is 3.54. The van der Waals surface area contributed by atoms with Crippen LogP contribution in [0.4, 0.5) is 26.3 Å². The minimum absolute atomic E-state index is 0.0430. The van der Waals surface area contributed by atoms with Gasteiger partial charge in [-0.3, -0.25) is 0 Å². The summed E-state index contributed by atoms with van der Waals surface area (Å²) in [7, 11) is 0. The molecule has 0 aliphatic rings. The van der Waals surface area contributed by atoms with Gasteiger partial charge in [0.2, 0.25) is 0 Å². The van der Waals surface area contributed by atoms with Crippen LogP contribution in [0, 0.1) is 0 Å². The van der Waals surface area contributed by atoms with E-state index in [0.717, 1.165) is 48.2 Å². The van der Waals surface area contributed by atoms with E-state index in [4.69, 9.17) is 5.73 Å². The fourth-order valence-corrected chi connectivity index (χ4v) is 2.40. The van der Waals surface area contributed by atoms with Gasteiger partial charge >= 0.3 is 18.3 Å². The van der Waals surface area contributed by atoms with Crippen LogP contribution < -0.4 is 5.73 Å². The number of alkyl halides is 6. The third kappa shape index (κ3) is 6.15. The number of nitrogens with two attached hydrogens (primary N) is 1. The van der Waals surface area contributed by atoms with E-state index in [1.165, 1.54) is 0 Å². The van der Waals surface area contributed by atoms with Crippen LogP contribution in [0.5, 0.6) is 0 Å². The number of nitrogens with zero attached hydrogens (tertiary/aromatic N) is 2. The summed E-state index contributed by atoms with van der Waals surface area (Å²) in [4.78, 5) is 19.9. The summed E-state index contributed by atoms with van der Waals surface area (Å²) < 4.78 is 74.7. The summed E-state index contributed by atoms with van der Waals surface area (Å²) in [6.07, 6.45) is -8.36. The molecule has 1 heterocycles. The van der Waals surface area contributed by atoms with E-state index < -0.39 is 29.4 Å². The van der Waals surface area contributed by atoms with Gasteiger partial charge in [0, 0.05) is 6.20 Å². The number of hydrogen-bond donors (Lipinski definition) is 1. The lowest BCUT2D eigenvalue weighted by molar-refractivity contribution is -0.138. The van der Waals surface area contributed by atoms with E-state index in [9.17, 15) is 31.1 Å². The highest BCUT2D eigenvalue weighted by molar-refractivity contribution is 7.99. The van der Waals surface area contributed by atoms with Crippen molar-refractivity contribution in [2.24, 2.45) is 10.9 Å². The first-order valence-electron chi connectivity index (χ1n) is 7.34. The van der Waals surface area contributed by atoms with E-state index >= 15 is 0 Å². The normalized spacial score (nSPS) is 12.7. The Morgan fingerprint density at radius 3 is 2.07 bits per heavy atom. The standard InChI is InChI=1S/C16H11F6N3O2S/c17-15(18,19)10-3-1-9(2-4-10)14(26)27-25-12(23)8-28-13-6-5-11(7-24-13)16(20,21)22/h1-7H,8H2,(H2,23,25). The van der Waals surface area contributed by atoms with Crippen molar-refractivity contribution in [3.8, 4) is 0 Å². The van der Waals surface area contributed by atoms with Crippen LogP contribution >= 0.6 is 11.8 Å². The molecule has 0 saturated carbocycles. The van der Waals surface area contributed by atoms with Gasteiger partial charge in [0.1, 0.15) is 0 Å². The summed E-state index contributed by atoms with van der Waals surface area (Å²) >= 11 is 0.949. The topological polar surface area (TPSA) is 77.6 Å². The van der Waals surface area contributed by atoms with Gasteiger partial charge in [-0.1, -0.05) is 16.9 Å². The summed E-state index contributed by atoms with van der Waals surface area (Å²) in [6, 6.07) is 5.29. The number of rotatable bonds is 5. The Morgan fingerprint density at radius 1 is 1.00 bits per heavy atom. The minimum atomic E-state index is -4.53. The maximum absolute atomic E-state index is 12.5. The van der Waals surface area contributed by atoms with Crippen LogP contribution in [0.2, 0.25) is 0 Å². The molecule has 0 radical (unpaired) electrons. The average molecular weight is 423 g/mol. The quantitative estimate of drug-likeness (QED) is 0.193. The molecule has 5 nitrogen and oxygen atoms in total. The second-order valence-electron chi connectivity index (χ2n) is 5.21. The number of hydrogen-bond acceptors (Lipinski definition) is 5. The number of pyridine rings is 1. The molecular formula is C16H11F6N3O2S. The average Bonchev–Trinajstić information content (AvgIpc) is 2.63. The Hall–Kier alpha value is -2.76. The van der Waals surface area contributed by atoms with E-state index in [0.29, 0.717) is 6.20 Å². The molecule has 2 aromatic rings. The Kier molecular flexibility index (Phi) is 6.54. The number of carbonyl (C=O) groups excluding carboxylic acids is 1. The largest absolute Gasteiger partial charge is 0.417 e. The van der Waals surface area contributed by atoms with Crippen molar-refractivity contribution in [3.63, 3.8) is 0 Å². The fraction of sp³-hybridized carbons (Fsp3) is 0.188. The highest BCUT2D eigenvalue weighted by Crippen LogP contribution is 2.30. The maximum atomic E-state index is 12.5. The second-order valence-corrected chi connectivity index (χ2v) is 6.20. The van der Waals surface area contributed by atoms with Gasteiger partial charge in [-0.25, -0.2) is 9.78 Å². The van der Waals surface area contributed by atoms with E-state index in [2.05, 4.69) is 15.0 Å². The van der Waals surface area contributed by atoms with Crippen molar-refractivity contribution in [2.45, 2.75) is 17.4 Å². The maximum Gasteiger partial charge on any atom is 0.417 e. The predicted molar refractivity (Wildman–Crippen MR) is 88.4 cm³/mol. The van der Waals surface area contributed by atoms with Gasteiger partial charge in [0.25, 0.3) is 0 Å². The van der Waals surface area contributed by atoms with Gasteiger partial charge in [-0.15, -0.1) is 0 Å². The first kappa shape index (κ1) is 21.5. The van der Waals surface area contributed by atoms with Gasteiger partial charge in [0.05, 0.1) is 27.5 Å². The molecule has 0 amide bonds. The summed E-state index contributed by atoms with van der Waals surface area (Å²) in [5.74, 6) is -1.24. The molecule has 0 bridgehead atoms. The van der Waals surface area contributed by atoms with Crippen LogP contribution in [-0.2, 0) is 17.2 Å². The molecule has 0 atom stereocenters. The van der Waals surface area contributed by atoms with E-state index in [-0.39, 0.29) is 22.2 Å². The lowest BCUT2D eigenvalue weighted by Gasteiger charge is -2.07. The van der Waals surface area contributed by atoms with Crippen LogP contribution in [0.25, 0.3) is 0 Å². The molecule has 0 aliphatic carbocycles. The van der Waals surface area contributed by atoms with Crippen LogP contribution in [0.1, 0.15) is 21.5 Å². The van der Waals surface area contributed by atoms with Crippen molar-refractivity contribution in [2.75, 3.05) is 5.75 Å². The van der Waals surface area contributed by atoms with Crippen molar-refractivity contribution >= 4 is 23.6 Å². The van der Waals surface area contributed by atoms with Crippen molar-refractivity contribution in [3.05, 3.63) is 59.3 Å². The zero-order chi connectivity index (χ0) is 20.9. The van der Waals surface area contributed by atoms with E-state index in [1.54, 1.807) is 0 Å². The van der Waals surface area contributed by atoms with Crippen molar-refractivity contribution in [1.29, 1.82) is 0 Å². The number of oxime groups is 1. The zero-order valence-electron chi connectivity index (χ0n) is 13.7. The van der Waals surface area contributed by atoms with E-state index in [1.807, 2.05) is 0 Å². The molecule has 0 fully saturated rings. The molecule has 2 N–H and O–H groups in total. The lowest BCUT2D eigenvalue weighted by atomic mass is 10.1. The minimum Gasteiger partial charge on any atom is -0.384 e. The molecule has 1 aromatic heterocycles. The van der Waals surface area contributed by atoms with Gasteiger partial charge in [-0.05, 0) is 36.4 Å². The first-order chi connectivity index (χ1) is 13.0. The summed E-state index contributed by atoms with van der Waals surface area (Å²) in [5, 5.41) is 3.57. The first-order valence-corrected chi connectivity index (χ1v) is 8.32. The Balaban J connectivity index is 1.89. The number of carbonyl (C=O) groups is 1. The number of benzene rings is 1. The number of aromatic nitrogens is 1. The zero-order valence-corrected chi connectivity index (χ0v) is 14.5. The summed E-state index contributed by atoms with van der Waals surface area (Å²) in [6.45, 7) is 0. The molecule has 12 heteroatoms. The monoisotopic (exact) mass is 423 g/mol. The van der Waals surface area contributed by atoms with Crippen LogP contribution in [-0.4, -0.2) is 22.5 Å². The van der Waals surface area contributed by atoms with Gasteiger partial charge in [0.15, 0.2) is 5.84 Å². The molecule has 1 aromatic carbocycles.